The molecule has 1 unspecified atom stereocenters. The zero-order chi connectivity index (χ0) is 17.5. The molecule has 0 spiro atoms. The van der Waals surface area contributed by atoms with Crippen molar-refractivity contribution in [2.75, 3.05) is 40.3 Å². The lowest BCUT2D eigenvalue weighted by molar-refractivity contribution is 0.0657. The minimum Gasteiger partial charge on any atom is -0.466 e. The lowest BCUT2D eigenvalue weighted by atomic mass is 9.96. The molecule has 0 aromatic carbocycles. The van der Waals surface area contributed by atoms with E-state index in [0.717, 1.165) is 49.1 Å². The highest BCUT2D eigenvalue weighted by Gasteiger charge is 2.27. The van der Waals surface area contributed by atoms with E-state index in [2.05, 4.69) is 34.6 Å². The summed E-state index contributed by atoms with van der Waals surface area (Å²) < 4.78 is 5.51. The molecule has 0 amide bonds. The summed E-state index contributed by atoms with van der Waals surface area (Å²) in [6, 6.07) is 1.88. The fraction of sp³-hybridized carbons (Fsp3) is 0.706. The summed E-state index contributed by atoms with van der Waals surface area (Å²) in [7, 11) is 4.12. The third-order valence-corrected chi connectivity index (χ3v) is 3.59. The zero-order valence-electron chi connectivity index (χ0n) is 15.8. The first kappa shape index (κ1) is 23.2. The van der Waals surface area contributed by atoms with Crippen LogP contribution in [0.15, 0.2) is 15.5 Å². The Morgan fingerprint density at radius 2 is 2.00 bits per heavy atom. The highest BCUT2D eigenvalue weighted by atomic mass is 127. The highest BCUT2D eigenvalue weighted by Crippen LogP contribution is 2.27. The Balaban J connectivity index is 0.00000529. The standard InChI is InChI=1S/C17H32N4O2.HI/c1-7-18-16(19-9-8-10-21(5)6)20-12-17(4,22)15-11-13(2)23-14(15)3;/h11,22H,7-10,12H2,1-6H3,(H2,18,19,20);1H. The van der Waals surface area contributed by atoms with Crippen LogP contribution < -0.4 is 10.6 Å². The molecule has 0 aliphatic carbocycles. The quantitative estimate of drug-likeness (QED) is 0.244. The van der Waals surface area contributed by atoms with Crippen LogP contribution in [0.25, 0.3) is 0 Å². The van der Waals surface area contributed by atoms with Crippen molar-refractivity contribution < 1.29 is 9.52 Å². The maximum atomic E-state index is 10.7. The Hall–Kier alpha value is -0.800. The zero-order valence-corrected chi connectivity index (χ0v) is 18.1. The van der Waals surface area contributed by atoms with E-state index in [1.54, 1.807) is 6.92 Å². The molecule has 0 radical (unpaired) electrons. The molecule has 0 saturated heterocycles. The molecule has 0 bridgehead atoms. The normalized spacial score (nSPS) is 14.2. The number of hydrogen-bond acceptors (Lipinski definition) is 4. The van der Waals surface area contributed by atoms with Gasteiger partial charge in [-0.1, -0.05) is 0 Å². The van der Waals surface area contributed by atoms with Crippen LogP contribution in [0, 0.1) is 13.8 Å². The number of aryl methyl sites for hydroxylation is 2. The second kappa shape index (κ2) is 10.9. The van der Waals surface area contributed by atoms with Crippen LogP contribution in [0.4, 0.5) is 0 Å². The van der Waals surface area contributed by atoms with Gasteiger partial charge < -0.3 is 25.1 Å². The summed E-state index contributed by atoms with van der Waals surface area (Å²) in [6.45, 7) is 10.5. The number of nitrogens with zero attached hydrogens (tertiary/aromatic N) is 2. The van der Waals surface area contributed by atoms with E-state index in [0.29, 0.717) is 0 Å². The topological polar surface area (TPSA) is 73.0 Å². The lowest BCUT2D eigenvalue weighted by Crippen LogP contribution is -2.39. The van der Waals surface area contributed by atoms with Crippen molar-refractivity contribution in [3.8, 4) is 0 Å². The predicted molar refractivity (Wildman–Crippen MR) is 110 cm³/mol. The third-order valence-electron chi connectivity index (χ3n) is 3.59. The SMILES string of the molecule is CCNC(=NCC(C)(O)c1cc(C)oc1C)NCCCN(C)C.I. The smallest absolute Gasteiger partial charge is 0.191 e. The predicted octanol–water partition coefficient (Wildman–Crippen LogP) is 2.23. The van der Waals surface area contributed by atoms with Gasteiger partial charge in [0.2, 0.25) is 0 Å². The number of rotatable bonds is 8. The lowest BCUT2D eigenvalue weighted by Gasteiger charge is -2.21. The molecule has 0 aliphatic heterocycles. The van der Waals surface area contributed by atoms with Crippen LogP contribution in [-0.4, -0.2) is 56.2 Å². The van der Waals surface area contributed by atoms with Crippen LogP contribution in [0.2, 0.25) is 0 Å². The maximum Gasteiger partial charge on any atom is 0.191 e. The van der Waals surface area contributed by atoms with Gasteiger partial charge in [0.1, 0.15) is 17.1 Å². The van der Waals surface area contributed by atoms with E-state index in [1.807, 2.05) is 26.8 Å². The van der Waals surface area contributed by atoms with Gasteiger partial charge in [-0.25, -0.2) is 4.99 Å². The van der Waals surface area contributed by atoms with E-state index >= 15 is 0 Å². The molecule has 0 fully saturated rings. The summed E-state index contributed by atoms with van der Waals surface area (Å²) >= 11 is 0. The molecule has 1 heterocycles. The van der Waals surface area contributed by atoms with Gasteiger partial charge >= 0.3 is 0 Å². The molecule has 140 valence electrons. The number of furan rings is 1. The number of aliphatic hydroxyl groups is 1. The van der Waals surface area contributed by atoms with Gasteiger partial charge in [0.15, 0.2) is 5.96 Å². The van der Waals surface area contributed by atoms with Crippen LogP contribution in [0.1, 0.15) is 37.4 Å². The van der Waals surface area contributed by atoms with Gasteiger partial charge in [-0.05, 0) is 60.8 Å². The number of halogens is 1. The van der Waals surface area contributed by atoms with Gasteiger partial charge in [-0.3, -0.25) is 0 Å². The van der Waals surface area contributed by atoms with Crippen molar-refractivity contribution in [3.05, 3.63) is 23.2 Å². The van der Waals surface area contributed by atoms with Gasteiger partial charge in [0, 0.05) is 18.7 Å². The fourth-order valence-corrected chi connectivity index (χ4v) is 2.43. The van der Waals surface area contributed by atoms with E-state index in [4.69, 9.17) is 4.42 Å². The molecule has 1 atom stereocenters. The summed E-state index contributed by atoms with van der Waals surface area (Å²) in [5.41, 5.74) is -0.254. The Kier molecular flexibility index (Phi) is 10.6. The van der Waals surface area contributed by atoms with Gasteiger partial charge in [-0.15, -0.1) is 24.0 Å². The number of nitrogens with one attached hydrogen (secondary N) is 2. The first-order chi connectivity index (χ1) is 10.8. The van der Waals surface area contributed by atoms with Gasteiger partial charge in [0.05, 0.1) is 6.54 Å². The average Bonchev–Trinajstić information content (AvgIpc) is 2.80. The summed E-state index contributed by atoms with van der Waals surface area (Å²) in [4.78, 5) is 6.67. The monoisotopic (exact) mass is 452 g/mol. The fourth-order valence-electron chi connectivity index (χ4n) is 2.43. The second-order valence-electron chi connectivity index (χ2n) is 6.38. The molecule has 24 heavy (non-hydrogen) atoms. The summed E-state index contributed by atoms with van der Waals surface area (Å²) in [5, 5.41) is 17.2. The van der Waals surface area contributed by atoms with Crippen LogP contribution in [0.5, 0.6) is 0 Å². The molecule has 6 nitrogen and oxygen atoms in total. The largest absolute Gasteiger partial charge is 0.466 e. The average molecular weight is 452 g/mol. The maximum absolute atomic E-state index is 10.7. The molecular weight excluding hydrogens is 419 g/mol. The molecule has 1 aromatic rings. The Labute approximate surface area is 163 Å². The Morgan fingerprint density at radius 3 is 2.50 bits per heavy atom. The molecular formula is C17H33IN4O2. The van der Waals surface area contributed by atoms with Crippen molar-refractivity contribution in [2.45, 2.75) is 39.7 Å². The van der Waals surface area contributed by atoms with Crippen molar-refractivity contribution >= 4 is 29.9 Å². The Morgan fingerprint density at radius 1 is 1.33 bits per heavy atom. The number of hydrogen-bond donors (Lipinski definition) is 3. The van der Waals surface area contributed by atoms with Crippen molar-refractivity contribution in [1.29, 1.82) is 0 Å². The first-order valence-electron chi connectivity index (χ1n) is 8.23. The van der Waals surface area contributed by atoms with Crippen LogP contribution in [-0.2, 0) is 5.60 Å². The van der Waals surface area contributed by atoms with Crippen molar-refractivity contribution in [3.63, 3.8) is 0 Å². The molecule has 3 N–H and O–H groups in total. The molecule has 0 aliphatic rings. The summed E-state index contributed by atoms with van der Waals surface area (Å²) in [6.07, 6.45) is 1.04. The van der Waals surface area contributed by atoms with E-state index in [1.165, 1.54) is 0 Å². The van der Waals surface area contributed by atoms with Gasteiger partial charge in [0.25, 0.3) is 0 Å². The molecule has 7 heteroatoms. The van der Waals surface area contributed by atoms with Crippen LogP contribution >= 0.6 is 24.0 Å². The molecule has 1 rings (SSSR count). The van der Waals surface area contributed by atoms with Gasteiger partial charge in [-0.2, -0.15) is 0 Å². The van der Waals surface area contributed by atoms with E-state index < -0.39 is 5.60 Å². The number of aliphatic imine (C=N–C) groups is 1. The minimum absolute atomic E-state index is 0. The number of guanidine groups is 1. The third kappa shape index (κ3) is 7.85. The minimum atomic E-state index is -1.05. The summed E-state index contributed by atoms with van der Waals surface area (Å²) in [5.74, 6) is 2.27. The first-order valence-corrected chi connectivity index (χ1v) is 8.23. The second-order valence-corrected chi connectivity index (χ2v) is 6.38. The molecule has 0 saturated carbocycles. The van der Waals surface area contributed by atoms with E-state index in [9.17, 15) is 5.11 Å². The molecule has 1 aromatic heterocycles. The van der Waals surface area contributed by atoms with E-state index in [-0.39, 0.29) is 30.5 Å². The van der Waals surface area contributed by atoms with Crippen LogP contribution in [0.3, 0.4) is 0 Å². The van der Waals surface area contributed by atoms with Crippen molar-refractivity contribution in [2.24, 2.45) is 4.99 Å². The highest BCUT2D eigenvalue weighted by molar-refractivity contribution is 14.0. The van der Waals surface area contributed by atoms with Crippen molar-refractivity contribution in [1.82, 2.24) is 15.5 Å². The Bertz CT molecular complexity index is 513.